The Morgan fingerprint density at radius 3 is 1.00 bits per heavy atom. The Labute approximate surface area is 710 Å². The molecule has 6 aliphatic rings. The van der Waals surface area contributed by atoms with Gasteiger partial charge in [0, 0.05) is 114 Å². The molecule has 0 saturated carbocycles. The normalized spacial score (nSPS) is 13.8. The van der Waals surface area contributed by atoms with Crippen LogP contribution in [0.15, 0.2) is 376 Å². The molecule has 9 nitrogen and oxygen atoms in total. The highest BCUT2D eigenvalue weighted by Gasteiger charge is 2.51. The molecule has 568 valence electrons. The number of ether oxygens (including phenoxy) is 1. The summed E-state index contributed by atoms with van der Waals surface area (Å²) in [6.45, 7) is 10.9. The number of benzene rings is 17. The summed E-state index contributed by atoms with van der Waals surface area (Å²) in [6, 6.07) is 117. The van der Waals surface area contributed by atoms with Gasteiger partial charge in [-0.05, 0) is 258 Å². The SMILES string of the molecule is [2H]c1c2c3c(c([2H])c1N(c1ccccc1)c1ccccc1)N(c1ccccc1)c1ccccc1B3c1cc3c(cc1N2)N(c1c(C)cc(C)cc1C)c1c([2H])c(N(c2ccccc2)c2ccccc2)c([2H])c2c1B3c1cc3c(cc1O2)N(c1c(C)cc(C)cc1C)c1c([2H])c(N(c2ccccc2)c2ccccc2)c([2H])c2c1B3c1ccccc1N2c1ccccc1. The molecule has 23 rings (SSSR count). The molecule has 0 saturated heterocycles. The van der Waals surface area contributed by atoms with Gasteiger partial charge in [-0.1, -0.05) is 230 Å². The van der Waals surface area contributed by atoms with E-state index in [9.17, 15) is 8.22 Å². The smallest absolute Gasteiger partial charge is 0.256 e. The van der Waals surface area contributed by atoms with Gasteiger partial charge in [0.2, 0.25) is 0 Å². The third kappa shape index (κ3) is 11.1. The number of hydrogen-bond donors (Lipinski definition) is 1. The average Bonchev–Trinajstić information content (AvgIpc) is 0.672. The van der Waals surface area contributed by atoms with Gasteiger partial charge < -0.3 is 44.4 Å². The first-order valence-corrected chi connectivity index (χ1v) is 41.3. The standard InChI is InChI=1S/C108H81B3N8O/c1-69-55-71(3)107(72(4)56-69)118-96-67-92-88(109-86-51-31-33-53-94(86)116(81-47-27-13-28-48-81)98-60-83(59-93(112-92)104(98)109)113(75-35-15-7-16-36-75)76-37-17-8-18-38-76)65-89(96)111-91-66-90-97(68-102(91)120-103-64-85(63-101(118)106(103)111)115(79-43-23-11-24-44-79)80-45-25-12-26-46-80)119(108-73(5)57-70(2)58-74(108)6)100-62-84(114(77-39-19-9-20-40-77)78-41-21-10-22-42-78)61-99-105(100)110(90)87-52-32-34-54-95(87)117(99)82-49-29-14-30-50-82/h7-68,112H,1-6H3/i59D,60D,61D,62D,63D,64D. The first-order valence-electron chi connectivity index (χ1n) is 44.3. The molecule has 12 heteroatoms. The van der Waals surface area contributed by atoms with Crippen molar-refractivity contribution in [2.75, 3.05) is 39.6 Å². The fourth-order valence-corrected chi connectivity index (χ4v) is 20.2. The van der Waals surface area contributed by atoms with Crippen molar-refractivity contribution in [3.05, 3.63) is 409 Å². The van der Waals surface area contributed by atoms with Gasteiger partial charge in [-0.2, -0.15) is 0 Å². The Hall–Kier alpha value is -14.9. The number of anilines is 23. The van der Waals surface area contributed by atoms with E-state index in [4.69, 9.17) is 4.74 Å². The van der Waals surface area contributed by atoms with Crippen molar-refractivity contribution < 1.29 is 13.0 Å². The maximum Gasteiger partial charge on any atom is 0.256 e. The van der Waals surface area contributed by atoms with Gasteiger partial charge in [-0.25, -0.2) is 0 Å². The molecule has 17 aromatic carbocycles. The second-order valence-electron chi connectivity index (χ2n) is 32.3. The summed E-state index contributed by atoms with van der Waals surface area (Å²) in [5.74, 6) is 0.780. The molecule has 0 spiro atoms. The number of aryl methyl sites for hydroxylation is 6. The van der Waals surface area contributed by atoms with Crippen molar-refractivity contribution in [2.45, 2.75) is 41.5 Å². The second-order valence-corrected chi connectivity index (χ2v) is 32.3. The Morgan fingerprint density at radius 1 is 0.250 bits per heavy atom. The van der Waals surface area contributed by atoms with Crippen LogP contribution in [0, 0.1) is 41.5 Å². The molecule has 0 aromatic heterocycles. The van der Waals surface area contributed by atoms with Gasteiger partial charge in [0.05, 0.1) is 36.7 Å². The molecule has 6 aliphatic heterocycles. The Kier molecular flexibility index (Phi) is 15.0. The van der Waals surface area contributed by atoms with Crippen LogP contribution in [0.1, 0.15) is 41.6 Å². The summed E-state index contributed by atoms with van der Waals surface area (Å²) in [4.78, 5) is 15.3. The highest BCUT2D eigenvalue weighted by Crippen LogP contribution is 2.54. The minimum Gasteiger partial charge on any atom is -0.458 e. The van der Waals surface area contributed by atoms with Crippen molar-refractivity contribution in [1.82, 2.24) is 0 Å². The van der Waals surface area contributed by atoms with E-state index in [0.717, 1.165) is 162 Å². The van der Waals surface area contributed by atoms with Crippen LogP contribution >= 0.6 is 0 Å². The van der Waals surface area contributed by atoms with Gasteiger partial charge in [0.15, 0.2) is 0 Å². The Morgan fingerprint density at radius 2 is 0.575 bits per heavy atom. The zero-order valence-corrected chi connectivity index (χ0v) is 67.1. The topological polar surface area (TPSA) is 43.9 Å². The molecule has 1 N–H and O–H groups in total. The van der Waals surface area contributed by atoms with E-state index >= 15 is 0 Å². The lowest BCUT2D eigenvalue weighted by molar-refractivity contribution is 0.488. The fourth-order valence-electron chi connectivity index (χ4n) is 20.2. The van der Waals surface area contributed by atoms with Crippen LogP contribution in [0.4, 0.5) is 131 Å². The average molecular weight is 1550 g/mol. The molecular weight excluding hydrogens is 1460 g/mol. The maximum absolute atomic E-state index is 11.7. The van der Waals surface area contributed by atoms with Crippen LogP contribution in [0.3, 0.4) is 0 Å². The van der Waals surface area contributed by atoms with E-state index in [1.165, 1.54) is 0 Å². The summed E-state index contributed by atoms with van der Waals surface area (Å²) in [5, 5.41) is 4.10. The minimum atomic E-state index is -0.787. The predicted octanol–water partition coefficient (Wildman–Crippen LogP) is 22.8. The highest BCUT2D eigenvalue weighted by molar-refractivity contribution is 7.04. The fraction of sp³-hybridized carbons (Fsp3) is 0.0556. The summed E-state index contributed by atoms with van der Waals surface area (Å²) in [7, 11) is 0. The molecule has 0 radical (unpaired) electrons. The molecule has 0 atom stereocenters. The summed E-state index contributed by atoms with van der Waals surface area (Å²) in [5.41, 5.74) is 30.1. The second kappa shape index (κ2) is 27.9. The van der Waals surface area contributed by atoms with E-state index in [1.54, 1.807) is 0 Å². The largest absolute Gasteiger partial charge is 0.458 e. The number of rotatable bonds is 13. The molecular formula is C108H81B3N8O. The number of nitrogens with one attached hydrogen (secondary N) is 1. The van der Waals surface area contributed by atoms with Crippen LogP contribution in [0.25, 0.3) is 0 Å². The number of fused-ring (bicyclic) bond motifs is 12. The van der Waals surface area contributed by atoms with Crippen LogP contribution in [-0.4, -0.2) is 20.1 Å². The zero-order chi connectivity index (χ0) is 85.3. The van der Waals surface area contributed by atoms with Gasteiger partial charge in [-0.3, -0.25) is 0 Å². The predicted molar refractivity (Wildman–Crippen MR) is 508 cm³/mol. The number of nitrogens with zero attached hydrogens (tertiary/aromatic N) is 7. The minimum absolute atomic E-state index is 0.0186. The van der Waals surface area contributed by atoms with Crippen LogP contribution in [0.5, 0.6) is 11.5 Å². The third-order valence-corrected chi connectivity index (χ3v) is 24.8. The summed E-state index contributed by atoms with van der Waals surface area (Å²) in [6.07, 6.45) is 0. The lowest BCUT2D eigenvalue weighted by Gasteiger charge is -2.47. The van der Waals surface area contributed by atoms with Crippen molar-refractivity contribution in [3.8, 4) is 11.5 Å². The quantitative estimate of drug-likeness (QED) is 0.114. The molecule has 0 aliphatic carbocycles. The first-order chi connectivity index (χ1) is 61.6. The lowest BCUT2D eigenvalue weighted by atomic mass is 9.29. The van der Waals surface area contributed by atoms with Gasteiger partial charge in [0.25, 0.3) is 20.1 Å². The van der Waals surface area contributed by atoms with Crippen molar-refractivity contribution in [1.29, 1.82) is 0 Å². The highest BCUT2D eigenvalue weighted by atomic mass is 16.5. The molecule has 0 bridgehead atoms. The van der Waals surface area contributed by atoms with E-state index in [-0.39, 0.29) is 42.0 Å². The summed E-state index contributed by atoms with van der Waals surface area (Å²) >= 11 is 0. The Bertz CT molecular complexity index is 7210. The van der Waals surface area contributed by atoms with E-state index in [2.05, 4.69) is 234 Å². The van der Waals surface area contributed by atoms with Crippen LogP contribution in [-0.2, 0) is 0 Å². The van der Waals surface area contributed by atoms with E-state index < -0.39 is 20.1 Å². The number of para-hydroxylation sites is 10. The number of hydrogen-bond acceptors (Lipinski definition) is 9. The summed E-state index contributed by atoms with van der Waals surface area (Å²) < 4.78 is 76.3. The van der Waals surface area contributed by atoms with Crippen LogP contribution in [0.2, 0.25) is 0 Å². The molecule has 0 unspecified atom stereocenters. The van der Waals surface area contributed by atoms with E-state index in [0.29, 0.717) is 56.7 Å². The van der Waals surface area contributed by atoms with Gasteiger partial charge >= 0.3 is 0 Å². The van der Waals surface area contributed by atoms with Crippen molar-refractivity contribution in [3.63, 3.8) is 0 Å². The van der Waals surface area contributed by atoms with Gasteiger partial charge in [0.1, 0.15) is 11.5 Å². The van der Waals surface area contributed by atoms with Crippen LogP contribution < -0.4 is 93.5 Å². The zero-order valence-electron chi connectivity index (χ0n) is 73.1. The molecule has 0 fully saturated rings. The third-order valence-electron chi connectivity index (χ3n) is 24.8. The monoisotopic (exact) mass is 1540 g/mol. The van der Waals surface area contributed by atoms with Crippen molar-refractivity contribution >= 4 is 200 Å². The van der Waals surface area contributed by atoms with E-state index in [1.807, 2.05) is 187 Å². The van der Waals surface area contributed by atoms with Crippen molar-refractivity contribution in [2.24, 2.45) is 0 Å². The Balaban J connectivity index is 0.860. The maximum atomic E-state index is 11.7. The molecule has 17 aromatic rings. The molecule has 0 amide bonds. The molecule has 120 heavy (non-hydrogen) atoms. The first kappa shape index (κ1) is 64.3. The van der Waals surface area contributed by atoms with Gasteiger partial charge in [-0.15, -0.1) is 0 Å². The molecule has 6 heterocycles. The lowest BCUT2D eigenvalue weighted by Crippen LogP contribution is -2.65.